The summed E-state index contributed by atoms with van der Waals surface area (Å²) in [6, 6.07) is 18.0. The normalized spacial score (nSPS) is 11.0. The third-order valence-electron chi connectivity index (χ3n) is 5.06. The molecular weight excluding hydrogens is 372 g/mol. The second-order valence-electron chi connectivity index (χ2n) is 7.89. The number of rotatable bonds is 7. The molecule has 0 spiro atoms. The molecular formula is C26H30N2O2. The van der Waals surface area contributed by atoms with Crippen LogP contribution in [0.25, 0.3) is 22.4 Å². The van der Waals surface area contributed by atoms with Crippen molar-refractivity contribution in [2.75, 3.05) is 6.61 Å². The Labute approximate surface area is 179 Å². The first kappa shape index (κ1) is 21.7. The number of aromatic nitrogens is 1. The van der Waals surface area contributed by atoms with E-state index in [2.05, 4.69) is 26.0 Å². The van der Waals surface area contributed by atoms with Crippen LogP contribution in [0.1, 0.15) is 48.0 Å². The Bertz CT molecular complexity index is 1010. The van der Waals surface area contributed by atoms with Gasteiger partial charge in [0.1, 0.15) is 0 Å². The highest BCUT2D eigenvalue weighted by molar-refractivity contribution is 6.04. The van der Waals surface area contributed by atoms with Crippen molar-refractivity contribution >= 4 is 5.97 Å². The number of carbonyl (C=O) groups is 1. The lowest BCUT2D eigenvalue weighted by molar-refractivity contribution is 0.0527. The van der Waals surface area contributed by atoms with Crippen LogP contribution in [-0.2, 0) is 17.7 Å². The van der Waals surface area contributed by atoms with Crippen LogP contribution in [0, 0.1) is 12.8 Å². The standard InChI is InChI=1S/C26H30N2O2/c1-5-30-26(29)24-23(19-13-11-18(4)12-14-19)21(16-27)22(15-17(2)3)28-25(24)20-9-7-6-8-10-20/h6-14,17H,5,15-16,27H2,1-4H3. The summed E-state index contributed by atoms with van der Waals surface area (Å²) in [6.07, 6.45) is 0.786. The molecule has 0 radical (unpaired) electrons. The van der Waals surface area contributed by atoms with Gasteiger partial charge in [0.2, 0.25) is 0 Å². The van der Waals surface area contributed by atoms with Crippen LogP contribution in [0.5, 0.6) is 0 Å². The Morgan fingerprint density at radius 3 is 2.27 bits per heavy atom. The molecule has 0 fully saturated rings. The number of pyridine rings is 1. The number of nitrogens with two attached hydrogens (primary N) is 1. The summed E-state index contributed by atoms with van der Waals surface area (Å²) in [7, 11) is 0. The van der Waals surface area contributed by atoms with Crippen LogP contribution in [-0.4, -0.2) is 17.6 Å². The molecule has 0 saturated heterocycles. The van der Waals surface area contributed by atoms with Gasteiger partial charge in [0.15, 0.2) is 0 Å². The van der Waals surface area contributed by atoms with Gasteiger partial charge in [-0.25, -0.2) is 4.79 Å². The number of ether oxygens (including phenoxy) is 1. The van der Waals surface area contributed by atoms with E-state index in [1.807, 2.05) is 56.3 Å². The van der Waals surface area contributed by atoms with Gasteiger partial charge in [-0.3, -0.25) is 4.98 Å². The first-order valence-corrected chi connectivity index (χ1v) is 10.5. The Hall–Kier alpha value is -2.98. The number of benzene rings is 2. The van der Waals surface area contributed by atoms with Crippen molar-refractivity contribution in [2.45, 2.75) is 40.7 Å². The summed E-state index contributed by atoms with van der Waals surface area (Å²) < 4.78 is 5.48. The van der Waals surface area contributed by atoms with Crippen molar-refractivity contribution in [1.82, 2.24) is 4.98 Å². The van der Waals surface area contributed by atoms with Gasteiger partial charge in [-0.1, -0.05) is 74.0 Å². The van der Waals surface area contributed by atoms with Crippen molar-refractivity contribution in [3.8, 4) is 22.4 Å². The fourth-order valence-electron chi connectivity index (χ4n) is 3.69. The molecule has 0 amide bonds. The molecule has 0 aliphatic rings. The number of nitrogens with zero attached hydrogens (tertiary/aromatic N) is 1. The number of esters is 1. The van der Waals surface area contributed by atoms with Crippen molar-refractivity contribution in [3.63, 3.8) is 0 Å². The Balaban J connectivity index is 2.42. The van der Waals surface area contributed by atoms with E-state index in [-0.39, 0.29) is 5.97 Å². The summed E-state index contributed by atoms with van der Waals surface area (Å²) in [5.41, 5.74) is 13.1. The van der Waals surface area contributed by atoms with E-state index < -0.39 is 0 Å². The smallest absolute Gasteiger partial charge is 0.340 e. The molecule has 4 nitrogen and oxygen atoms in total. The van der Waals surface area contributed by atoms with Crippen molar-refractivity contribution < 1.29 is 9.53 Å². The van der Waals surface area contributed by atoms with Crippen molar-refractivity contribution in [2.24, 2.45) is 11.7 Å². The van der Waals surface area contributed by atoms with Gasteiger partial charge < -0.3 is 10.5 Å². The molecule has 3 rings (SSSR count). The van der Waals surface area contributed by atoms with E-state index in [1.54, 1.807) is 0 Å². The largest absolute Gasteiger partial charge is 0.462 e. The zero-order valence-corrected chi connectivity index (χ0v) is 18.2. The lowest BCUT2D eigenvalue weighted by Gasteiger charge is -2.21. The molecule has 0 aliphatic heterocycles. The van der Waals surface area contributed by atoms with Crippen molar-refractivity contribution in [1.29, 1.82) is 0 Å². The third-order valence-corrected chi connectivity index (χ3v) is 5.06. The minimum absolute atomic E-state index is 0.298. The van der Waals surface area contributed by atoms with E-state index in [9.17, 15) is 4.79 Å². The monoisotopic (exact) mass is 402 g/mol. The van der Waals surface area contributed by atoms with Gasteiger partial charge in [-0.15, -0.1) is 0 Å². The number of carbonyl (C=O) groups excluding carboxylic acids is 1. The lowest BCUT2D eigenvalue weighted by Crippen LogP contribution is -2.17. The topological polar surface area (TPSA) is 65.2 Å². The Morgan fingerprint density at radius 2 is 1.70 bits per heavy atom. The molecule has 0 unspecified atom stereocenters. The van der Waals surface area contributed by atoms with Gasteiger partial charge in [0.05, 0.1) is 17.9 Å². The summed E-state index contributed by atoms with van der Waals surface area (Å²) in [4.78, 5) is 18.2. The highest BCUT2D eigenvalue weighted by Crippen LogP contribution is 2.37. The van der Waals surface area contributed by atoms with Crippen LogP contribution >= 0.6 is 0 Å². The van der Waals surface area contributed by atoms with E-state index in [0.717, 1.165) is 39.9 Å². The predicted octanol–water partition coefficient (Wildman–Crippen LogP) is 5.56. The average Bonchev–Trinajstić information content (AvgIpc) is 2.74. The molecule has 1 heterocycles. The summed E-state index contributed by atoms with van der Waals surface area (Å²) >= 11 is 0. The molecule has 2 aromatic carbocycles. The lowest BCUT2D eigenvalue weighted by atomic mass is 9.88. The van der Waals surface area contributed by atoms with Crippen LogP contribution in [0.2, 0.25) is 0 Å². The van der Waals surface area contributed by atoms with Crippen LogP contribution in [0.3, 0.4) is 0 Å². The van der Waals surface area contributed by atoms with Gasteiger partial charge >= 0.3 is 5.97 Å². The van der Waals surface area contributed by atoms with E-state index in [1.165, 1.54) is 0 Å². The highest BCUT2D eigenvalue weighted by Gasteiger charge is 2.26. The Kier molecular flexibility index (Phi) is 7.01. The van der Waals surface area contributed by atoms with Crippen molar-refractivity contribution in [3.05, 3.63) is 77.0 Å². The van der Waals surface area contributed by atoms with Crippen LogP contribution in [0.15, 0.2) is 54.6 Å². The molecule has 0 bridgehead atoms. The molecule has 3 aromatic rings. The van der Waals surface area contributed by atoms with Gasteiger partial charge in [0, 0.05) is 23.4 Å². The second-order valence-corrected chi connectivity index (χ2v) is 7.89. The minimum Gasteiger partial charge on any atom is -0.462 e. The summed E-state index contributed by atoms with van der Waals surface area (Å²) in [5, 5.41) is 0. The van der Waals surface area contributed by atoms with Crippen LogP contribution in [0.4, 0.5) is 0 Å². The molecule has 0 saturated carbocycles. The van der Waals surface area contributed by atoms with E-state index in [0.29, 0.717) is 30.3 Å². The summed E-state index contributed by atoms with van der Waals surface area (Å²) in [5.74, 6) is 0.0379. The molecule has 30 heavy (non-hydrogen) atoms. The predicted molar refractivity (Wildman–Crippen MR) is 122 cm³/mol. The van der Waals surface area contributed by atoms with Gasteiger partial charge in [0.25, 0.3) is 0 Å². The number of hydrogen-bond acceptors (Lipinski definition) is 4. The fourth-order valence-corrected chi connectivity index (χ4v) is 3.69. The first-order valence-electron chi connectivity index (χ1n) is 10.5. The zero-order valence-electron chi connectivity index (χ0n) is 18.2. The second kappa shape index (κ2) is 9.68. The number of aryl methyl sites for hydroxylation is 1. The maximum atomic E-state index is 13.2. The highest BCUT2D eigenvalue weighted by atomic mass is 16.5. The molecule has 4 heteroatoms. The SMILES string of the molecule is CCOC(=O)c1c(-c2ccccc2)nc(CC(C)C)c(CN)c1-c1ccc(C)cc1. The van der Waals surface area contributed by atoms with Crippen LogP contribution < -0.4 is 5.73 Å². The minimum atomic E-state index is -0.370. The van der Waals surface area contributed by atoms with Gasteiger partial charge in [-0.05, 0) is 37.3 Å². The summed E-state index contributed by atoms with van der Waals surface area (Å²) in [6.45, 7) is 8.79. The Morgan fingerprint density at radius 1 is 1.03 bits per heavy atom. The molecule has 1 aromatic heterocycles. The van der Waals surface area contributed by atoms with Gasteiger partial charge in [-0.2, -0.15) is 0 Å². The van der Waals surface area contributed by atoms with E-state index >= 15 is 0 Å². The molecule has 2 N–H and O–H groups in total. The molecule has 0 atom stereocenters. The zero-order chi connectivity index (χ0) is 21.7. The fraction of sp³-hybridized carbons (Fsp3) is 0.308. The van der Waals surface area contributed by atoms with E-state index in [4.69, 9.17) is 15.5 Å². The molecule has 156 valence electrons. The average molecular weight is 403 g/mol. The quantitative estimate of drug-likeness (QED) is 0.526. The number of hydrogen-bond donors (Lipinski definition) is 1. The first-order chi connectivity index (χ1) is 14.5. The third kappa shape index (κ3) is 4.60. The molecule has 0 aliphatic carbocycles. The maximum absolute atomic E-state index is 13.2. The maximum Gasteiger partial charge on any atom is 0.340 e.